The molecule has 0 spiro atoms. The molecule has 0 saturated carbocycles. The molecule has 2 amide bonds. The molecule has 3 aromatic carbocycles. The van der Waals surface area contributed by atoms with Crippen molar-refractivity contribution in [3.8, 4) is 11.5 Å². The number of hydrogen-bond donors (Lipinski definition) is 3. The second kappa shape index (κ2) is 14.2. The predicted octanol–water partition coefficient (Wildman–Crippen LogP) is 8.29. The number of nitrogens with one attached hydrogen (secondary N) is 3. The van der Waals surface area contributed by atoms with Crippen molar-refractivity contribution in [3.05, 3.63) is 99.4 Å². The monoisotopic (exact) mass is 682 g/mol. The van der Waals surface area contributed by atoms with Crippen LogP contribution < -0.4 is 25.2 Å². The Hall–Kier alpha value is -5.39. The molecule has 1 aromatic heterocycles. The van der Waals surface area contributed by atoms with Gasteiger partial charge >= 0.3 is 0 Å². The lowest BCUT2D eigenvalue weighted by atomic mass is 9.76. The molecule has 2 atom stereocenters. The summed E-state index contributed by atoms with van der Waals surface area (Å²) in [5.41, 5.74) is 7.89. The number of aromatic amines is 1. The number of hydrogen-bond acceptors (Lipinski definition) is 8. The van der Waals surface area contributed by atoms with Crippen LogP contribution in [0.15, 0.2) is 66.7 Å². The average Bonchev–Trinajstić information content (AvgIpc) is 3.48. The largest absolute Gasteiger partial charge is 0.480 e. The number of rotatable bonds is 13. The molecule has 1 aliphatic rings. The van der Waals surface area contributed by atoms with Gasteiger partial charge in [-0.05, 0) is 85.0 Å². The normalized spacial score (nSPS) is 15.2. The van der Waals surface area contributed by atoms with Crippen LogP contribution in [-0.2, 0) is 20.4 Å². The molecule has 12 heteroatoms. The van der Waals surface area contributed by atoms with Crippen LogP contribution in [0.25, 0.3) is 0 Å². The highest BCUT2D eigenvalue weighted by molar-refractivity contribution is 6.02. The van der Waals surface area contributed by atoms with Crippen LogP contribution in [-0.4, -0.2) is 33.0 Å². The molecule has 264 valence electrons. The zero-order valence-electron chi connectivity index (χ0n) is 29.9. The molecular formula is C38H46N6O6. The fraction of sp³-hybridized carbons (Fsp3) is 0.395. The number of nitro benzene ring substituents is 1. The molecule has 4 aromatic rings. The van der Waals surface area contributed by atoms with Crippen LogP contribution in [0, 0.1) is 17.0 Å². The van der Waals surface area contributed by atoms with E-state index in [4.69, 9.17) is 9.47 Å². The second-order valence-corrected chi connectivity index (χ2v) is 13.9. The Bertz CT molecular complexity index is 1870. The molecule has 50 heavy (non-hydrogen) atoms. The molecule has 0 saturated heterocycles. The Morgan fingerprint density at radius 2 is 1.66 bits per heavy atom. The SMILES string of the molecule is CCC(Oc1ccc(C(C)(C)CC)cc1C(C)(C)CC)C(=O)Nc1ccc(N2Nc3c(n[nH]c3C)C(Oc3ccc([N+](=O)[O-])cc3)C2=O)cc1. The minimum absolute atomic E-state index is 0.0138. The highest BCUT2D eigenvalue weighted by Crippen LogP contribution is 2.40. The Labute approximate surface area is 292 Å². The highest BCUT2D eigenvalue weighted by atomic mass is 16.6. The van der Waals surface area contributed by atoms with Crippen molar-refractivity contribution in [1.29, 1.82) is 0 Å². The van der Waals surface area contributed by atoms with Gasteiger partial charge in [0.15, 0.2) is 6.10 Å². The van der Waals surface area contributed by atoms with E-state index in [1.807, 2.05) is 19.9 Å². The Morgan fingerprint density at radius 3 is 2.26 bits per heavy atom. The van der Waals surface area contributed by atoms with Crippen molar-refractivity contribution in [2.45, 2.75) is 97.7 Å². The molecule has 3 N–H and O–H groups in total. The van der Waals surface area contributed by atoms with Gasteiger partial charge in [0.05, 0.1) is 16.3 Å². The first-order chi connectivity index (χ1) is 23.7. The van der Waals surface area contributed by atoms with E-state index in [0.29, 0.717) is 40.6 Å². The van der Waals surface area contributed by atoms with E-state index in [1.54, 1.807) is 24.3 Å². The minimum atomic E-state index is -1.12. The van der Waals surface area contributed by atoms with Gasteiger partial charge in [-0.1, -0.05) is 60.6 Å². The molecule has 12 nitrogen and oxygen atoms in total. The first-order valence-electron chi connectivity index (χ1n) is 17.0. The maximum atomic E-state index is 13.7. The Balaban J connectivity index is 1.32. The number of non-ortho nitro benzene ring substituents is 1. The zero-order valence-corrected chi connectivity index (χ0v) is 29.9. The summed E-state index contributed by atoms with van der Waals surface area (Å²) in [4.78, 5) is 37.9. The number of carbonyl (C=O) groups excluding carboxylic acids is 2. The van der Waals surface area contributed by atoms with Gasteiger partial charge in [-0.25, -0.2) is 5.01 Å². The van der Waals surface area contributed by atoms with Gasteiger partial charge in [-0.2, -0.15) is 5.10 Å². The number of aryl methyl sites for hydroxylation is 1. The Morgan fingerprint density at radius 1 is 1.00 bits per heavy atom. The van der Waals surface area contributed by atoms with Gasteiger partial charge in [0.2, 0.25) is 6.10 Å². The molecule has 0 fully saturated rings. The number of fused-ring (bicyclic) bond motifs is 1. The number of ether oxygens (including phenoxy) is 2. The maximum absolute atomic E-state index is 13.7. The summed E-state index contributed by atoms with van der Waals surface area (Å²) in [7, 11) is 0. The van der Waals surface area contributed by atoms with Crippen LogP contribution in [0.3, 0.4) is 0 Å². The van der Waals surface area contributed by atoms with Crippen molar-refractivity contribution < 1.29 is 24.0 Å². The second-order valence-electron chi connectivity index (χ2n) is 13.9. The number of nitro groups is 1. The summed E-state index contributed by atoms with van der Waals surface area (Å²) in [5.74, 6) is 0.261. The number of hydrazine groups is 1. The lowest BCUT2D eigenvalue weighted by Crippen LogP contribution is -2.45. The van der Waals surface area contributed by atoms with Crippen LogP contribution >= 0.6 is 0 Å². The average molecular weight is 683 g/mol. The summed E-state index contributed by atoms with van der Waals surface area (Å²) in [6.07, 6.45) is 0.530. The summed E-state index contributed by atoms with van der Waals surface area (Å²) in [6, 6.07) is 18.7. The van der Waals surface area contributed by atoms with Crippen molar-refractivity contribution in [3.63, 3.8) is 0 Å². The number of amides is 2. The van der Waals surface area contributed by atoms with Crippen LogP contribution in [0.4, 0.5) is 22.7 Å². The standard InChI is InChI=1S/C38H46N6O6/c1-9-30(50-31-21-12-24(37(5,6)10-2)22-29(31)38(7,8)11-3)35(45)39-25-13-15-26(16-14-25)43-36(46)34(33-32(42-43)23(4)40-41-33)49-28-19-17-27(18-20-28)44(47)48/h12-22,30,34,42H,9-11H2,1-8H3,(H,39,45)(H,40,41). The molecule has 1 aliphatic heterocycles. The van der Waals surface area contributed by atoms with Crippen LogP contribution in [0.5, 0.6) is 11.5 Å². The first kappa shape index (κ1) is 35.9. The summed E-state index contributed by atoms with van der Waals surface area (Å²) in [6.45, 7) is 16.9. The van der Waals surface area contributed by atoms with Crippen LogP contribution in [0.2, 0.25) is 0 Å². The summed E-state index contributed by atoms with van der Waals surface area (Å²) < 4.78 is 12.5. The van der Waals surface area contributed by atoms with E-state index < -0.39 is 23.0 Å². The number of carbonyl (C=O) groups is 2. The van der Waals surface area contributed by atoms with E-state index in [0.717, 1.165) is 18.4 Å². The number of anilines is 3. The molecule has 5 rings (SSSR count). The minimum Gasteiger partial charge on any atom is -0.480 e. The number of H-pyrrole nitrogens is 1. The quantitative estimate of drug-likeness (QED) is 0.0941. The van der Waals surface area contributed by atoms with Gasteiger partial charge < -0.3 is 14.8 Å². The van der Waals surface area contributed by atoms with Crippen molar-refractivity contribution >= 4 is 34.6 Å². The number of aromatic nitrogens is 2. The topological polar surface area (TPSA) is 152 Å². The third kappa shape index (κ3) is 7.29. The molecule has 2 unspecified atom stereocenters. The van der Waals surface area contributed by atoms with E-state index in [-0.39, 0.29) is 28.2 Å². The third-order valence-corrected chi connectivity index (χ3v) is 9.78. The predicted molar refractivity (Wildman–Crippen MR) is 194 cm³/mol. The van der Waals surface area contributed by atoms with Gasteiger partial charge in [0.1, 0.15) is 22.9 Å². The fourth-order valence-electron chi connectivity index (χ4n) is 5.63. The summed E-state index contributed by atoms with van der Waals surface area (Å²) >= 11 is 0. The van der Waals surface area contributed by atoms with Crippen molar-refractivity contribution in [2.75, 3.05) is 15.8 Å². The fourth-order valence-corrected chi connectivity index (χ4v) is 5.63. The smallest absolute Gasteiger partial charge is 0.293 e. The number of benzene rings is 3. The number of nitrogens with zero attached hydrogens (tertiary/aromatic N) is 3. The van der Waals surface area contributed by atoms with Gasteiger partial charge in [-0.15, -0.1) is 0 Å². The maximum Gasteiger partial charge on any atom is 0.293 e. The Kier molecular flexibility index (Phi) is 10.2. The molecule has 0 aliphatic carbocycles. The lowest BCUT2D eigenvalue weighted by Gasteiger charge is -2.33. The zero-order chi connectivity index (χ0) is 36.4. The molecule has 0 bridgehead atoms. The van der Waals surface area contributed by atoms with Gasteiger partial charge in [0.25, 0.3) is 17.5 Å². The van der Waals surface area contributed by atoms with Crippen molar-refractivity contribution in [1.82, 2.24) is 10.2 Å². The van der Waals surface area contributed by atoms with Gasteiger partial charge in [-0.3, -0.25) is 30.2 Å². The van der Waals surface area contributed by atoms with Crippen molar-refractivity contribution in [2.24, 2.45) is 0 Å². The van der Waals surface area contributed by atoms with E-state index in [2.05, 4.69) is 74.6 Å². The van der Waals surface area contributed by atoms with Gasteiger partial charge in [0, 0.05) is 23.4 Å². The molecular weight excluding hydrogens is 636 g/mol. The van der Waals surface area contributed by atoms with Crippen LogP contribution in [0.1, 0.15) is 96.3 Å². The lowest BCUT2D eigenvalue weighted by molar-refractivity contribution is -0.384. The summed E-state index contributed by atoms with van der Waals surface area (Å²) in [5, 5.41) is 22.6. The third-order valence-electron chi connectivity index (χ3n) is 9.78. The molecule has 2 heterocycles. The first-order valence-corrected chi connectivity index (χ1v) is 17.0. The van der Waals surface area contributed by atoms with E-state index in [9.17, 15) is 19.7 Å². The van der Waals surface area contributed by atoms with E-state index >= 15 is 0 Å². The molecule has 0 radical (unpaired) electrons. The highest BCUT2D eigenvalue weighted by Gasteiger charge is 2.39. The van der Waals surface area contributed by atoms with E-state index in [1.165, 1.54) is 34.8 Å².